The number of ether oxygens (including phenoxy) is 1. The number of amides is 2. The van der Waals surface area contributed by atoms with Gasteiger partial charge in [-0.1, -0.05) is 6.07 Å². The maximum atomic E-state index is 12.5. The lowest BCUT2D eigenvalue weighted by atomic mass is 10.2. The number of nitrogens with zero attached hydrogens (tertiary/aromatic N) is 3. The van der Waals surface area contributed by atoms with E-state index in [9.17, 15) is 9.59 Å². The molecule has 2 rings (SSSR count). The van der Waals surface area contributed by atoms with Crippen molar-refractivity contribution in [3.63, 3.8) is 0 Å². The van der Waals surface area contributed by atoms with Gasteiger partial charge in [0.05, 0.1) is 0 Å². The quantitative estimate of drug-likeness (QED) is 0.699. The zero-order valence-corrected chi connectivity index (χ0v) is 15.3. The molecule has 1 aliphatic heterocycles. The molecule has 2 amide bonds. The first-order valence-corrected chi connectivity index (χ1v) is 8.45. The summed E-state index contributed by atoms with van der Waals surface area (Å²) in [6.07, 6.45) is 0.395. The maximum Gasteiger partial charge on any atom is 0.410 e. The van der Waals surface area contributed by atoms with Gasteiger partial charge in [-0.2, -0.15) is 0 Å². The summed E-state index contributed by atoms with van der Waals surface area (Å²) in [5, 5.41) is 0. The van der Waals surface area contributed by atoms with Crippen molar-refractivity contribution in [2.24, 2.45) is 0 Å². The van der Waals surface area contributed by atoms with Crippen LogP contribution in [0.15, 0.2) is 22.8 Å². The molecule has 0 aromatic carbocycles. The highest BCUT2D eigenvalue weighted by molar-refractivity contribution is 9.10. The van der Waals surface area contributed by atoms with E-state index >= 15 is 0 Å². The van der Waals surface area contributed by atoms with Gasteiger partial charge in [0.25, 0.3) is 5.91 Å². The van der Waals surface area contributed by atoms with E-state index in [2.05, 4.69) is 20.9 Å². The average molecular weight is 384 g/mol. The predicted octanol–water partition coefficient (Wildman–Crippen LogP) is 2.93. The second kappa shape index (κ2) is 7.29. The zero-order chi connectivity index (χ0) is 17.0. The van der Waals surface area contributed by atoms with E-state index < -0.39 is 5.60 Å². The van der Waals surface area contributed by atoms with E-state index in [0.717, 1.165) is 6.42 Å². The first-order valence-electron chi connectivity index (χ1n) is 7.66. The Morgan fingerprint density at radius 2 is 1.78 bits per heavy atom. The Hall–Kier alpha value is -1.63. The van der Waals surface area contributed by atoms with Crippen LogP contribution in [0.1, 0.15) is 37.7 Å². The van der Waals surface area contributed by atoms with Crippen LogP contribution in [0, 0.1) is 0 Å². The third-order valence-corrected chi connectivity index (χ3v) is 3.81. The molecule has 6 nitrogen and oxygen atoms in total. The Balaban J connectivity index is 1.98. The molecule has 0 atom stereocenters. The fraction of sp³-hybridized carbons (Fsp3) is 0.562. The molecule has 0 unspecified atom stereocenters. The van der Waals surface area contributed by atoms with Crippen LogP contribution < -0.4 is 0 Å². The van der Waals surface area contributed by atoms with Gasteiger partial charge in [-0.25, -0.2) is 9.78 Å². The minimum atomic E-state index is -0.515. The number of rotatable bonds is 1. The normalized spacial score (nSPS) is 16.0. The van der Waals surface area contributed by atoms with E-state index in [4.69, 9.17) is 4.74 Å². The molecule has 1 aliphatic rings. The highest BCUT2D eigenvalue weighted by atomic mass is 79.9. The predicted molar refractivity (Wildman–Crippen MR) is 90.3 cm³/mol. The molecule has 1 aromatic rings. The molecule has 1 fully saturated rings. The fourth-order valence-corrected chi connectivity index (χ4v) is 2.66. The van der Waals surface area contributed by atoms with E-state index in [1.165, 1.54) is 0 Å². The zero-order valence-electron chi connectivity index (χ0n) is 13.7. The number of halogens is 1. The van der Waals surface area contributed by atoms with Crippen LogP contribution in [0.5, 0.6) is 0 Å². The lowest BCUT2D eigenvalue weighted by Gasteiger charge is -2.26. The monoisotopic (exact) mass is 383 g/mol. The summed E-state index contributed by atoms with van der Waals surface area (Å²) in [4.78, 5) is 32.3. The van der Waals surface area contributed by atoms with Crippen LogP contribution in [-0.2, 0) is 4.74 Å². The van der Waals surface area contributed by atoms with Crippen molar-refractivity contribution in [2.75, 3.05) is 26.2 Å². The second-order valence-corrected chi connectivity index (χ2v) is 7.27. The average Bonchev–Trinajstić information content (AvgIpc) is 2.70. The van der Waals surface area contributed by atoms with Gasteiger partial charge in [0.1, 0.15) is 15.9 Å². The van der Waals surface area contributed by atoms with Gasteiger partial charge in [0.2, 0.25) is 0 Å². The Kier molecular flexibility index (Phi) is 5.62. The Morgan fingerprint density at radius 1 is 1.13 bits per heavy atom. The van der Waals surface area contributed by atoms with Crippen LogP contribution in [0.2, 0.25) is 0 Å². The van der Waals surface area contributed by atoms with Crippen molar-refractivity contribution < 1.29 is 14.3 Å². The van der Waals surface area contributed by atoms with Crippen LogP contribution in [-0.4, -0.2) is 58.6 Å². The van der Waals surface area contributed by atoms with Crippen molar-refractivity contribution in [3.05, 3.63) is 28.5 Å². The lowest BCUT2D eigenvalue weighted by molar-refractivity contribution is 0.0255. The molecule has 1 saturated heterocycles. The molecule has 23 heavy (non-hydrogen) atoms. The Morgan fingerprint density at radius 3 is 2.43 bits per heavy atom. The largest absolute Gasteiger partial charge is 0.444 e. The number of carbonyl (C=O) groups is 2. The Bertz CT molecular complexity index is 586. The van der Waals surface area contributed by atoms with E-state index in [-0.39, 0.29) is 12.0 Å². The number of carbonyl (C=O) groups excluding carboxylic acids is 2. The molecule has 0 radical (unpaired) electrons. The van der Waals surface area contributed by atoms with Gasteiger partial charge in [0.15, 0.2) is 0 Å². The van der Waals surface area contributed by atoms with Crippen LogP contribution in [0.3, 0.4) is 0 Å². The van der Waals surface area contributed by atoms with Crippen molar-refractivity contribution in [2.45, 2.75) is 32.8 Å². The highest BCUT2D eigenvalue weighted by Crippen LogP contribution is 2.14. The minimum Gasteiger partial charge on any atom is -0.444 e. The number of pyridine rings is 1. The first-order chi connectivity index (χ1) is 10.8. The lowest BCUT2D eigenvalue weighted by Crippen LogP contribution is -2.40. The van der Waals surface area contributed by atoms with Gasteiger partial charge >= 0.3 is 6.09 Å². The number of hydrogen-bond donors (Lipinski definition) is 0. The number of hydrogen-bond acceptors (Lipinski definition) is 4. The third-order valence-electron chi connectivity index (χ3n) is 3.37. The Labute approximate surface area is 144 Å². The van der Waals surface area contributed by atoms with Crippen LogP contribution in [0.25, 0.3) is 0 Å². The molecule has 1 aromatic heterocycles. The number of aromatic nitrogens is 1. The summed E-state index contributed by atoms with van der Waals surface area (Å²) < 4.78 is 6.03. The molecule has 0 saturated carbocycles. The third kappa shape index (κ3) is 5.20. The summed E-state index contributed by atoms with van der Waals surface area (Å²) in [5.74, 6) is -0.114. The fourth-order valence-electron chi connectivity index (χ4n) is 2.32. The van der Waals surface area contributed by atoms with Gasteiger partial charge in [-0.15, -0.1) is 0 Å². The summed E-state index contributed by atoms with van der Waals surface area (Å²) in [7, 11) is 0. The molecule has 2 heterocycles. The molecule has 0 aliphatic carbocycles. The summed E-state index contributed by atoms with van der Waals surface area (Å²) >= 11 is 3.28. The van der Waals surface area contributed by atoms with Gasteiger partial charge in [-0.3, -0.25) is 4.79 Å². The molecule has 126 valence electrons. The SMILES string of the molecule is CC(C)(C)OC(=O)N1CCCN(C(=O)c2cccc(Br)n2)CC1. The molecule has 0 bridgehead atoms. The van der Waals surface area contributed by atoms with E-state index in [0.29, 0.717) is 36.5 Å². The molecular formula is C16H22BrN3O3. The van der Waals surface area contributed by atoms with Gasteiger partial charge in [0, 0.05) is 26.2 Å². The van der Waals surface area contributed by atoms with Crippen molar-refractivity contribution in [1.29, 1.82) is 0 Å². The minimum absolute atomic E-state index is 0.114. The van der Waals surface area contributed by atoms with E-state index in [1.54, 1.807) is 28.0 Å². The molecule has 7 heteroatoms. The van der Waals surface area contributed by atoms with Crippen LogP contribution in [0.4, 0.5) is 4.79 Å². The van der Waals surface area contributed by atoms with Crippen molar-refractivity contribution in [3.8, 4) is 0 Å². The van der Waals surface area contributed by atoms with Crippen molar-refractivity contribution in [1.82, 2.24) is 14.8 Å². The summed E-state index contributed by atoms with van der Waals surface area (Å²) in [6.45, 7) is 7.67. The smallest absolute Gasteiger partial charge is 0.410 e. The molecular weight excluding hydrogens is 362 g/mol. The summed E-state index contributed by atoms with van der Waals surface area (Å²) in [6, 6.07) is 5.27. The molecule has 0 N–H and O–H groups in total. The van der Waals surface area contributed by atoms with Crippen LogP contribution >= 0.6 is 15.9 Å². The first kappa shape index (κ1) is 17.7. The maximum absolute atomic E-state index is 12.5. The van der Waals surface area contributed by atoms with Gasteiger partial charge < -0.3 is 14.5 Å². The topological polar surface area (TPSA) is 62.7 Å². The van der Waals surface area contributed by atoms with E-state index in [1.807, 2.05) is 20.8 Å². The van der Waals surface area contributed by atoms with Crippen molar-refractivity contribution >= 4 is 27.9 Å². The van der Waals surface area contributed by atoms with Gasteiger partial charge in [-0.05, 0) is 55.3 Å². The second-order valence-electron chi connectivity index (χ2n) is 6.46. The summed E-state index contributed by atoms with van der Waals surface area (Å²) in [5.41, 5.74) is -0.107. The highest BCUT2D eigenvalue weighted by Gasteiger charge is 2.26. The molecule has 0 spiro atoms. The standard InChI is InChI=1S/C16H22BrN3O3/c1-16(2,3)23-15(22)20-9-5-8-19(10-11-20)14(21)12-6-4-7-13(17)18-12/h4,6-7H,5,8-11H2,1-3H3.